The van der Waals surface area contributed by atoms with Crippen molar-refractivity contribution in [2.24, 2.45) is 0 Å². The second kappa shape index (κ2) is 3.15. The molecule has 0 saturated heterocycles. The molecule has 0 amide bonds. The third kappa shape index (κ3) is 1.93. The van der Waals surface area contributed by atoms with Gasteiger partial charge in [0.1, 0.15) is 0 Å². The van der Waals surface area contributed by atoms with E-state index in [0.29, 0.717) is 0 Å². The lowest BCUT2D eigenvalue weighted by molar-refractivity contribution is 1.04. The first kappa shape index (κ1) is 6.99. The van der Waals surface area contributed by atoms with Crippen LogP contribution in [0.25, 0.3) is 0 Å². The van der Waals surface area contributed by atoms with Crippen LogP contribution < -0.4 is 5.32 Å². The molecular formula is C7H10IN. The molecule has 0 aromatic carbocycles. The van der Waals surface area contributed by atoms with E-state index in [4.69, 9.17) is 0 Å². The van der Waals surface area contributed by atoms with Crippen molar-refractivity contribution in [3.63, 3.8) is 0 Å². The highest BCUT2D eigenvalue weighted by Crippen LogP contribution is 2.12. The molecule has 1 aliphatic rings. The van der Waals surface area contributed by atoms with Gasteiger partial charge < -0.3 is 5.32 Å². The van der Waals surface area contributed by atoms with Gasteiger partial charge in [0, 0.05) is 12.7 Å². The summed E-state index contributed by atoms with van der Waals surface area (Å²) in [4.78, 5) is 0. The van der Waals surface area contributed by atoms with E-state index in [2.05, 4.69) is 28.5 Å². The fraction of sp³-hybridized carbons (Fsp3) is 0.286. The minimum Gasteiger partial charge on any atom is -0.388 e. The van der Waals surface area contributed by atoms with Crippen molar-refractivity contribution in [1.29, 1.82) is 0 Å². The van der Waals surface area contributed by atoms with E-state index in [1.54, 1.807) is 0 Å². The highest BCUT2D eigenvalue weighted by atomic mass is 127. The molecule has 1 rings (SSSR count). The van der Waals surface area contributed by atoms with Crippen molar-refractivity contribution >= 4 is 24.2 Å². The van der Waals surface area contributed by atoms with Crippen LogP contribution in [0.2, 0.25) is 0 Å². The third-order valence-corrected chi connectivity index (χ3v) is 3.45. The third-order valence-electron chi connectivity index (χ3n) is 1.13. The first-order valence-corrected chi connectivity index (χ1v) is 5.18. The first-order valence-electron chi connectivity index (χ1n) is 2.86. The second-order valence-electron chi connectivity index (χ2n) is 1.84. The van der Waals surface area contributed by atoms with Crippen LogP contribution in [0, 0.1) is 0 Å². The summed E-state index contributed by atoms with van der Waals surface area (Å²) in [6, 6.07) is 0. The molecule has 1 nitrogen and oxygen atoms in total. The van der Waals surface area contributed by atoms with Gasteiger partial charge in [-0.05, 0) is 20.6 Å². The fourth-order valence-corrected chi connectivity index (χ4v) is 2.29. The lowest BCUT2D eigenvalue weighted by Crippen LogP contribution is -2.03. The molecule has 0 fully saturated rings. The Morgan fingerprint density at radius 3 is 2.67 bits per heavy atom. The van der Waals surface area contributed by atoms with Crippen molar-refractivity contribution in [1.82, 2.24) is 5.32 Å². The molecule has 0 unspecified atom stereocenters. The quantitative estimate of drug-likeness (QED) is 0.683. The molecule has 1 N–H and O–H groups in total. The topological polar surface area (TPSA) is 12.0 Å². The Bertz CT molecular complexity index is 189. The summed E-state index contributed by atoms with van der Waals surface area (Å²) in [5.41, 5.74) is 1.27. The highest BCUT2D eigenvalue weighted by Gasteiger charge is 1.90. The number of hydrogen-bond acceptors (Lipinski definition) is 1. The van der Waals surface area contributed by atoms with Gasteiger partial charge in [0.05, 0.1) is 0 Å². The van der Waals surface area contributed by atoms with Crippen LogP contribution in [0.15, 0.2) is 21.9 Å². The lowest BCUT2D eigenvalue weighted by atomic mass is 10.3. The largest absolute Gasteiger partial charge is 0.388 e. The van der Waals surface area contributed by atoms with E-state index >= 15 is 0 Å². The zero-order valence-electron chi connectivity index (χ0n) is 5.61. The van der Waals surface area contributed by atoms with Crippen molar-refractivity contribution in [3.8, 4) is 0 Å². The molecular weight excluding hydrogens is 225 g/mol. The SMILES string of the molecule is CNC1=CI=C(C)C=C1. The Hall–Kier alpha value is -0.120. The van der Waals surface area contributed by atoms with Crippen LogP contribution in [0.1, 0.15) is 6.92 Å². The predicted molar refractivity (Wildman–Crippen MR) is 51.0 cm³/mol. The van der Waals surface area contributed by atoms with E-state index in [1.807, 2.05) is 7.05 Å². The molecule has 1 heterocycles. The van der Waals surface area contributed by atoms with Gasteiger partial charge in [-0.3, -0.25) is 0 Å². The van der Waals surface area contributed by atoms with E-state index in [0.717, 1.165) is 0 Å². The van der Waals surface area contributed by atoms with Gasteiger partial charge >= 0.3 is 0 Å². The molecule has 2 heteroatoms. The zero-order chi connectivity index (χ0) is 6.69. The highest BCUT2D eigenvalue weighted by molar-refractivity contribution is 14.2. The van der Waals surface area contributed by atoms with Gasteiger partial charge in [-0.2, -0.15) is 0 Å². The van der Waals surface area contributed by atoms with Crippen molar-refractivity contribution in [3.05, 3.63) is 21.9 Å². The maximum absolute atomic E-state index is 3.11. The Balaban J connectivity index is 2.75. The Kier molecular flexibility index (Phi) is 2.45. The smallest absolute Gasteiger partial charge is 0.0395 e. The average Bonchev–Trinajstić information content (AvgIpc) is 1.90. The van der Waals surface area contributed by atoms with E-state index < -0.39 is 0 Å². The summed E-state index contributed by atoms with van der Waals surface area (Å²) in [5, 5.41) is 3.11. The molecule has 0 saturated carbocycles. The zero-order valence-corrected chi connectivity index (χ0v) is 7.77. The number of rotatable bonds is 1. The van der Waals surface area contributed by atoms with Crippen LogP contribution >= 0.6 is 20.7 Å². The molecule has 0 aromatic rings. The molecule has 9 heavy (non-hydrogen) atoms. The van der Waals surface area contributed by atoms with Gasteiger partial charge in [0.25, 0.3) is 0 Å². The van der Waals surface area contributed by atoms with E-state index in [1.165, 1.54) is 9.21 Å². The fourth-order valence-electron chi connectivity index (χ4n) is 0.560. The average molecular weight is 235 g/mol. The van der Waals surface area contributed by atoms with Gasteiger partial charge in [-0.25, -0.2) is 0 Å². The van der Waals surface area contributed by atoms with Crippen molar-refractivity contribution in [2.45, 2.75) is 6.92 Å². The molecule has 0 atom stereocenters. The van der Waals surface area contributed by atoms with Crippen LogP contribution in [0.4, 0.5) is 0 Å². The summed E-state index contributed by atoms with van der Waals surface area (Å²) in [5.74, 6) is 0. The molecule has 0 bridgehead atoms. The van der Waals surface area contributed by atoms with Gasteiger partial charge in [-0.15, -0.1) is 0 Å². The minimum atomic E-state index is 0.211. The summed E-state index contributed by atoms with van der Waals surface area (Å²) in [6.45, 7) is 2.19. The molecule has 0 spiro atoms. The Morgan fingerprint density at radius 2 is 2.22 bits per heavy atom. The molecule has 0 aromatic heterocycles. The molecule has 0 radical (unpaired) electrons. The monoisotopic (exact) mass is 235 g/mol. The summed E-state index contributed by atoms with van der Waals surface area (Å²) < 4.78 is 3.83. The molecule has 0 aliphatic carbocycles. The summed E-state index contributed by atoms with van der Waals surface area (Å²) >= 11 is 0.211. The van der Waals surface area contributed by atoms with Crippen molar-refractivity contribution in [2.75, 3.05) is 7.05 Å². The number of nitrogens with one attached hydrogen (secondary N) is 1. The normalized spacial score (nSPS) is 17.6. The van der Waals surface area contributed by atoms with Gasteiger partial charge in [0.2, 0.25) is 0 Å². The summed E-state index contributed by atoms with van der Waals surface area (Å²) in [6.07, 6.45) is 4.32. The molecule has 1 aliphatic heterocycles. The molecule has 50 valence electrons. The van der Waals surface area contributed by atoms with Gasteiger partial charge in [-0.1, -0.05) is 26.8 Å². The Labute approximate surface area is 65.6 Å². The van der Waals surface area contributed by atoms with E-state index in [-0.39, 0.29) is 20.7 Å². The Morgan fingerprint density at radius 1 is 1.44 bits per heavy atom. The standard InChI is InChI=1S/C7H10IN/c1-6-3-4-7(9-2)5-8-6/h3-5,9H,1-2H3. The number of likely N-dealkylation sites (N-methyl/N-ethyl adjacent to an activating group) is 1. The maximum Gasteiger partial charge on any atom is 0.0395 e. The second-order valence-corrected chi connectivity index (χ2v) is 4.79. The van der Waals surface area contributed by atoms with Gasteiger partial charge in [0.15, 0.2) is 0 Å². The predicted octanol–water partition coefficient (Wildman–Crippen LogP) is 1.78. The number of allylic oxidation sites excluding steroid dienone is 2. The van der Waals surface area contributed by atoms with Crippen LogP contribution in [0.5, 0.6) is 0 Å². The van der Waals surface area contributed by atoms with Crippen LogP contribution in [-0.2, 0) is 0 Å². The van der Waals surface area contributed by atoms with Crippen LogP contribution in [0.3, 0.4) is 0 Å². The first-order chi connectivity index (χ1) is 4.33. The minimum absolute atomic E-state index is 0.211. The lowest BCUT2D eigenvalue weighted by Gasteiger charge is -2.02. The maximum atomic E-state index is 3.11. The number of hydrogen-bond donors (Lipinski definition) is 1. The van der Waals surface area contributed by atoms with Crippen molar-refractivity contribution < 1.29 is 0 Å². The summed E-state index contributed by atoms with van der Waals surface area (Å²) in [7, 11) is 1.96. The van der Waals surface area contributed by atoms with E-state index in [9.17, 15) is 0 Å². The van der Waals surface area contributed by atoms with Crippen LogP contribution in [-0.4, -0.2) is 10.6 Å². The number of halogens is 1.